The zero-order valence-electron chi connectivity index (χ0n) is 17.1. The minimum Gasteiger partial charge on any atom is -0.228 e. The minimum atomic E-state index is -2.92. The van der Waals surface area contributed by atoms with E-state index in [9.17, 15) is 8.42 Å². The molecule has 0 aliphatic heterocycles. The van der Waals surface area contributed by atoms with Crippen molar-refractivity contribution in [3.05, 3.63) is 0 Å². The Morgan fingerprint density at radius 2 is 1.40 bits per heavy atom. The Bertz CT molecular complexity index is 466. The highest BCUT2D eigenvalue weighted by molar-refractivity contribution is 7.92. The van der Waals surface area contributed by atoms with Crippen molar-refractivity contribution in [3.63, 3.8) is 0 Å². The highest BCUT2D eigenvalue weighted by Crippen LogP contribution is 2.47. The van der Waals surface area contributed by atoms with E-state index < -0.39 is 9.84 Å². The highest BCUT2D eigenvalue weighted by Gasteiger charge is 2.45. The molecule has 2 rings (SSSR count). The van der Waals surface area contributed by atoms with Crippen molar-refractivity contribution in [2.24, 2.45) is 17.8 Å². The summed E-state index contributed by atoms with van der Waals surface area (Å²) < 4.78 is 25.1. The molecule has 25 heavy (non-hydrogen) atoms. The average molecular weight is 371 g/mol. The summed E-state index contributed by atoms with van der Waals surface area (Å²) in [5.41, 5.74) is 0. The summed E-state index contributed by atoms with van der Waals surface area (Å²) in [6.45, 7) is 6.26. The second kappa shape index (κ2) is 9.76. The van der Waals surface area contributed by atoms with Crippen molar-refractivity contribution in [3.8, 4) is 0 Å². The van der Waals surface area contributed by atoms with Crippen LogP contribution in [0, 0.1) is 17.8 Å². The highest BCUT2D eigenvalue weighted by atomic mass is 32.2. The molecule has 2 saturated carbocycles. The lowest BCUT2D eigenvalue weighted by molar-refractivity contribution is 0.146. The van der Waals surface area contributed by atoms with Gasteiger partial charge in [0.15, 0.2) is 9.84 Å². The van der Waals surface area contributed by atoms with Crippen LogP contribution in [0.5, 0.6) is 0 Å². The second-order valence-electron chi connectivity index (χ2n) is 8.95. The lowest BCUT2D eigenvalue weighted by Crippen LogP contribution is -2.44. The maximum absolute atomic E-state index is 12.7. The summed E-state index contributed by atoms with van der Waals surface area (Å²) >= 11 is 0. The van der Waals surface area contributed by atoms with Gasteiger partial charge in [-0.15, -0.1) is 0 Å². The quantitative estimate of drug-likeness (QED) is 0.432. The summed E-state index contributed by atoms with van der Waals surface area (Å²) in [7, 11) is -2.92. The van der Waals surface area contributed by atoms with Crippen molar-refractivity contribution in [1.29, 1.82) is 0 Å². The molecular formula is C22H42O2S. The molecule has 148 valence electrons. The molecule has 3 heteroatoms. The smallest absolute Gasteiger partial charge is 0.155 e. The molecule has 2 aliphatic carbocycles. The Labute approximate surface area is 157 Å². The summed E-state index contributed by atoms with van der Waals surface area (Å²) in [6, 6.07) is 0. The standard InChI is InChI=1S/C22H42O2S/c1-4-7-8-9-19-10-12-20(13-11-19)21-14-17-22(16-5-2,18-15-21)25(23,24)6-3/h19-21H,4-18H2,1-3H3. The first-order valence-electron chi connectivity index (χ1n) is 11.2. The summed E-state index contributed by atoms with van der Waals surface area (Å²) in [5.74, 6) is 2.98. The molecule has 2 fully saturated rings. The van der Waals surface area contributed by atoms with Crippen LogP contribution in [0.2, 0.25) is 0 Å². The van der Waals surface area contributed by atoms with E-state index in [0.717, 1.165) is 56.3 Å². The number of hydrogen-bond acceptors (Lipinski definition) is 2. The number of sulfone groups is 1. The Morgan fingerprint density at radius 3 is 1.92 bits per heavy atom. The lowest BCUT2D eigenvalue weighted by atomic mass is 9.68. The van der Waals surface area contributed by atoms with Gasteiger partial charge in [-0.2, -0.15) is 0 Å². The molecule has 2 nitrogen and oxygen atoms in total. The molecule has 0 spiro atoms. The van der Waals surface area contributed by atoms with Crippen LogP contribution in [0.15, 0.2) is 0 Å². The van der Waals surface area contributed by atoms with Crippen LogP contribution in [0.3, 0.4) is 0 Å². The first-order valence-corrected chi connectivity index (χ1v) is 12.9. The van der Waals surface area contributed by atoms with Crippen LogP contribution in [0.25, 0.3) is 0 Å². The molecule has 0 heterocycles. The van der Waals surface area contributed by atoms with E-state index in [0.29, 0.717) is 5.75 Å². The number of rotatable bonds is 9. The topological polar surface area (TPSA) is 34.1 Å². The predicted octanol–water partition coefficient (Wildman–Crippen LogP) is 6.54. The molecule has 0 aromatic heterocycles. The van der Waals surface area contributed by atoms with Gasteiger partial charge in [0.1, 0.15) is 0 Å². The van der Waals surface area contributed by atoms with Crippen LogP contribution in [-0.4, -0.2) is 18.9 Å². The van der Waals surface area contributed by atoms with Crippen LogP contribution in [0.4, 0.5) is 0 Å². The molecule has 0 saturated heterocycles. The largest absolute Gasteiger partial charge is 0.228 e. The van der Waals surface area contributed by atoms with Gasteiger partial charge in [-0.1, -0.05) is 65.7 Å². The maximum atomic E-state index is 12.7. The first-order chi connectivity index (χ1) is 12.0. The van der Waals surface area contributed by atoms with E-state index in [1.54, 1.807) is 0 Å². The van der Waals surface area contributed by atoms with Crippen LogP contribution in [0.1, 0.15) is 111 Å². The average Bonchev–Trinajstić information content (AvgIpc) is 2.63. The molecule has 0 N–H and O–H groups in total. The van der Waals surface area contributed by atoms with Crippen molar-refractivity contribution >= 4 is 9.84 Å². The molecular weight excluding hydrogens is 328 g/mol. The Hall–Kier alpha value is -0.0500. The summed E-state index contributed by atoms with van der Waals surface area (Å²) in [6.07, 6.45) is 17.3. The van der Waals surface area contributed by atoms with E-state index in [2.05, 4.69) is 13.8 Å². The number of hydrogen-bond donors (Lipinski definition) is 0. The van der Waals surface area contributed by atoms with Gasteiger partial charge in [0.2, 0.25) is 0 Å². The van der Waals surface area contributed by atoms with Gasteiger partial charge in [0.25, 0.3) is 0 Å². The van der Waals surface area contributed by atoms with Gasteiger partial charge in [0, 0.05) is 5.75 Å². The predicted molar refractivity (Wildman–Crippen MR) is 109 cm³/mol. The second-order valence-corrected chi connectivity index (χ2v) is 11.6. The molecule has 0 unspecified atom stereocenters. The monoisotopic (exact) mass is 370 g/mol. The fourth-order valence-corrected chi connectivity index (χ4v) is 7.73. The molecule has 2 aliphatic rings. The van der Waals surface area contributed by atoms with E-state index in [4.69, 9.17) is 0 Å². The third kappa shape index (κ3) is 5.23. The Morgan fingerprint density at radius 1 is 0.800 bits per heavy atom. The third-order valence-corrected chi connectivity index (χ3v) is 10.2. The fraction of sp³-hybridized carbons (Fsp3) is 1.00. The van der Waals surface area contributed by atoms with Crippen molar-refractivity contribution in [2.45, 2.75) is 115 Å². The van der Waals surface area contributed by atoms with Gasteiger partial charge in [-0.3, -0.25) is 0 Å². The van der Waals surface area contributed by atoms with Gasteiger partial charge < -0.3 is 0 Å². The SMILES string of the molecule is CCCCCC1CCC(C2CCC(CCC)(S(=O)(=O)CC)CC2)CC1. The van der Waals surface area contributed by atoms with Crippen LogP contribution >= 0.6 is 0 Å². The van der Waals surface area contributed by atoms with Crippen molar-refractivity contribution in [2.75, 3.05) is 5.75 Å². The van der Waals surface area contributed by atoms with Gasteiger partial charge in [-0.25, -0.2) is 8.42 Å². The zero-order valence-corrected chi connectivity index (χ0v) is 17.9. The fourth-order valence-electron chi connectivity index (χ4n) is 5.75. The third-order valence-electron chi connectivity index (χ3n) is 7.46. The molecule has 0 aromatic carbocycles. The molecule has 0 radical (unpaired) electrons. The van der Waals surface area contributed by atoms with Gasteiger partial charge in [0.05, 0.1) is 4.75 Å². The molecule has 0 bridgehead atoms. The van der Waals surface area contributed by atoms with Gasteiger partial charge >= 0.3 is 0 Å². The van der Waals surface area contributed by atoms with E-state index >= 15 is 0 Å². The van der Waals surface area contributed by atoms with E-state index in [1.807, 2.05) is 6.92 Å². The molecule has 0 aromatic rings. The first kappa shape index (κ1) is 21.3. The molecule has 0 amide bonds. The van der Waals surface area contributed by atoms with Gasteiger partial charge in [-0.05, 0) is 62.7 Å². The van der Waals surface area contributed by atoms with E-state index in [1.165, 1.54) is 51.4 Å². The normalized spacial score (nSPS) is 34.1. The summed E-state index contributed by atoms with van der Waals surface area (Å²) in [4.78, 5) is 0. The minimum absolute atomic E-state index is 0.320. The molecule has 0 atom stereocenters. The zero-order chi connectivity index (χ0) is 18.3. The van der Waals surface area contributed by atoms with E-state index in [-0.39, 0.29) is 4.75 Å². The van der Waals surface area contributed by atoms with Crippen molar-refractivity contribution in [1.82, 2.24) is 0 Å². The lowest BCUT2D eigenvalue weighted by Gasteiger charge is -2.43. The number of unbranched alkanes of at least 4 members (excludes halogenated alkanes) is 2. The van der Waals surface area contributed by atoms with Crippen LogP contribution in [-0.2, 0) is 9.84 Å². The van der Waals surface area contributed by atoms with Crippen molar-refractivity contribution < 1.29 is 8.42 Å². The Kier molecular flexibility index (Phi) is 8.30. The maximum Gasteiger partial charge on any atom is 0.155 e. The Balaban J connectivity index is 1.84. The summed E-state index contributed by atoms with van der Waals surface area (Å²) in [5, 5.41) is 0. The van der Waals surface area contributed by atoms with Crippen LogP contribution < -0.4 is 0 Å².